The lowest BCUT2D eigenvalue weighted by molar-refractivity contribution is -0.116. The van der Waals surface area contributed by atoms with Crippen LogP contribution >= 0.6 is 0 Å². The van der Waals surface area contributed by atoms with Gasteiger partial charge >= 0.3 is 0 Å². The van der Waals surface area contributed by atoms with Gasteiger partial charge in [0.2, 0.25) is 5.91 Å². The van der Waals surface area contributed by atoms with Gasteiger partial charge in [0.15, 0.2) is 0 Å². The van der Waals surface area contributed by atoms with Crippen molar-refractivity contribution in [2.75, 3.05) is 10.0 Å². The van der Waals surface area contributed by atoms with E-state index < -0.39 is 15.8 Å². The van der Waals surface area contributed by atoms with Crippen molar-refractivity contribution in [3.63, 3.8) is 0 Å². The fourth-order valence-corrected chi connectivity index (χ4v) is 4.31. The highest BCUT2D eigenvalue weighted by atomic mass is 32.2. The first-order valence-electron chi connectivity index (χ1n) is 9.63. The number of hydrogen-bond donors (Lipinski definition) is 2. The van der Waals surface area contributed by atoms with Crippen LogP contribution in [-0.2, 0) is 21.4 Å². The maximum Gasteiger partial charge on any atom is 0.261 e. The minimum Gasteiger partial charge on any atom is -0.347 e. The molecule has 0 unspecified atom stereocenters. The van der Waals surface area contributed by atoms with E-state index in [2.05, 4.69) is 10.0 Å². The fraction of sp³-hybridized carbons (Fsp3) is 0.0870. The predicted molar refractivity (Wildman–Crippen MR) is 119 cm³/mol. The Bertz CT molecular complexity index is 1330. The Labute approximate surface area is 179 Å². The number of carbonyl (C=O) groups is 1. The molecule has 0 fully saturated rings. The molecule has 158 valence electrons. The highest BCUT2D eigenvalue weighted by Crippen LogP contribution is 2.19. The molecule has 4 rings (SSSR count). The van der Waals surface area contributed by atoms with Gasteiger partial charge in [-0.2, -0.15) is 0 Å². The van der Waals surface area contributed by atoms with Gasteiger partial charge in [0.25, 0.3) is 10.0 Å². The molecule has 0 aliphatic heterocycles. The molecule has 0 spiro atoms. The second-order valence-electron chi connectivity index (χ2n) is 7.01. The molecule has 0 aliphatic carbocycles. The third-order valence-corrected chi connectivity index (χ3v) is 6.18. The Morgan fingerprint density at radius 2 is 1.68 bits per heavy atom. The summed E-state index contributed by atoms with van der Waals surface area (Å²) in [5.74, 6) is -0.711. The number of nitrogens with zero attached hydrogens (tertiary/aromatic N) is 1. The average Bonchev–Trinajstić information content (AvgIpc) is 3.15. The number of benzene rings is 3. The molecule has 1 aromatic heterocycles. The molecule has 0 atom stereocenters. The predicted octanol–water partition coefficient (Wildman–Crippen LogP) is 4.61. The van der Waals surface area contributed by atoms with E-state index in [1.807, 2.05) is 41.1 Å². The molecule has 0 saturated carbocycles. The summed E-state index contributed by atoms with van der Waals surface area (Å²) in [4.78, 5) is 12.3. The third-order valence-electron chi connectivity index (χ3n) is 4.79. The first-order valence-corrected chi connectivity index (χ1v) is 11.1. The first kappa shape index (κ1) is 20.6. The molecule has 1 amide bonds. The van der Waals surface area contributed by atoms with Crippen molar-refractivity contribution in [1.29, 1.82) is 0 Å². The monoisotopic (exact) mass is 437 g/mol. The number of halogens is 1. The molecule has 0 saturated heterocycles. The maximum atomic E-state index is 13.3. The lowest BCUT2D eigenvalue weighted by atomic mass is 10.2. The van der Waals surface area contributed by atoms with Crippen molar-refractivity contribution < 1.29 is 17.6 Å². The second-order valence-corrected chi connectivity index (χ2v) is 8.69. The smallest absolute Gasteiger partial charge is 0.261 e. The van der Waals surface area contributed by atoms with Crippen molar-refractivity contribution >= 4 is 38.2 Å². The summed E-state index contributed by atoms with van der Waals surface area (Å²) >= 11 is 0. The highest BCUT2D eigenvalue weighted by Gasteiger charge is 2.15. The van der Waals surface area contributed by atoms with Gasteiger partial charge in [-0.25, -0.2) is 12.8 Å². The molecule has 0 radical (unpaired) electrons. The van der Waals surface area contributed by atoms with Crippen LogP contribution in [0.1, 0.15) is 6.42 Å². The van der Waals surface area contributed by atoms with Gasteiger partial charge < -0.3 is 9.88 Å². The van der Waals surface area contributed by atoms with Crippen molar-refractivity contribution in [3.8, 4) is 0 Å². The van der Waals surface area contributed by atoms with Crippen LogP contribution in [0.4, 0.5) is 15.8 Å². The number of aryl methyl sites for hydroxylation is 1. The lowest BCUT2D eigenvalue weighted by Crippen LogP contribution is -2.15. The largest absolute Gasteiger partial charge is 0.347 e. The van der Waals surface area contributed by atoms with Gasteiger partial charge in [0.05, 0.1) is 10.6 Å². The summed E-state index contributed by atoms with van der Waals surface area (Å²) < 4.78 is 42.5. The van der Waals surface area contributed by atoms with Crippen LogP contribution in [0.2, 0.25) is 0 Å². The van der Waals surface area contributed by atoms with Crippen LogP contribution in [0.5, 0.6) is 0 Å². The van der Waals surface area contributed by atoms with Crippen molar-refractivity contribution in [2.45, 2.75) is 17.9 Å². The summed E-state index contributed by atoms with van der Waals surface area (Å²) in [7, 11) is -3.87. The van der Waals surface area contributed by atoms with Crippen molar-refractivity contribution in [2.24, 2.45) is 0 Å². The fourth-order valence-electron chi connectivity index (χ4n) is 3.26. The number of aromatic nitrogens is 1. The summed E-state index contributed by atoms with van der Waals surface area (Å²) in [5.41, 5.74) is 1.69. The summed E-state index contributed by atoms with van der Waals surface area (Å²) in [6.07, 6.45) is 2.23. The first-order chi connectivity index (χ1) is 14.9. The topological polar surface area (TPSA) is 80.2 Å². The van der Waals surface area contributed by atoms with Crippen molar-refractivity contribution in [3.05, 3.63) is 90.9 Å². The minimum absolute atomic E-state index is 0.00794. The number of sulfonamides is 1. The average molecular weight is 437 g/mol. The van der Waals surface area contributed by atoms with Gasteiger partial charge in [-0.1, -0.05) is 24.3 Å². The summed E-state index contributed by atoms with van der Waals surface area (Å²) in [6.45, 7) is 0.531. The van der Waals surface area contributed by atoms with Crippen LogP contribution in [0.15, 0.2) is 90.0 Å². The summed E-state index contributed by atoms with van der Waals surface area (Å²) in [6, 6.07) is 21.0. The van der Waals surface area contributed by atoms with E-state index in [9.17, 15) is 17.6 Å². The Balaban J connectivity index is 1.37. The van der Waals surface area contributed by atoms with Crippen molar-refractivity contribution in [1.82, 2.24) is 4.57 Å². The quantitative estimate of drug-likeness (QED) is 0.443. The number of fused-ring (bicyclic) bond motifs is 1. The molecule has 4 aromatic rings. The molecular formula is C23H20FN3O3S. The minimum atomic E-state index is -3.87. The molecule has 1 heterocycles. The van der Waals surface area contributed by atoms with Gasteiger partial charge in [-0.3, -0.25) is 9.52 Å². The number of hydrogen-bond acceptors (Lipinski definition) is 3. The molecule has 2 N–H and O–H groups in total. The number of anilines is 2. The normalized spacial score (nSPS) is 11.4. The van der Waals surface area contributed by atoms with Crippen LogP contribution in [-0.4, -0.2) is 18.9 Å². The van der Waals surface area contributed by atoms with Gasteiger partial charge in [-0.15, -0.1) is 0 Å². The number of carbonyl (C=O) groups excluding carboxylic acids is 1. The Morgan fingerprint density at radius 1 is 0.903 bits per heavy atom. The molecule has 0 aliphatic rings. The highest BCUT2D eigenvalue weighted by molar-refractivity contribution is 7.92. The summed E-state index contributed by atoms with van der Waals surface area (Å²) in [5, 5.41) is 3.89. The van der Waals surface area contributed by atoms with E-state index in [0.29, 0.717) is 12.2 Å². The van der Waals surface area contributed by atoms with Crippen LogP contribution in [0, 0.1) is 5.82 Å². The number of nitrogens with one attached hydrogen (secondary N) is 2. The van der Waals surface area contributed by atoms with E-state index >= 15 is 0 Å². The molecule has 31 heavy (non-hydrogen) atoms. The van der Waals surface area contributed by atoms with Crippen LogP contribution in [0.3, 0.4) is 0 Å². The number of amides is 1. The SMILES string of the molecule is O=C(CCn1ccc2ccccc21)Nc1ccc(S(=O)(=O)Nc2cccc(F)c2)cc1. The zero-order valence-electron chi connectivity index (χ0n) is 16.5. The second kappa shape index (κ2) is 8.61. The zero-order valence-corrected chi connectivity index (χ0v) is 17.3. The van der Waals surface area contributed by atoms with Gasteiger partial charge in [0.1, 0.15) is 5.82 Å². The Hall–Kier alpha value is -3.65. The Morgan fingerprint density at radius 3 is 2.45 bits per heavy atom. The molecule has 3 aromatic carbocycles. The molecule has 6 nitrogen and oxygen atoms in total. The van der Waals surface area contributed by atoms with E-state index in [4.69, 9.17) is 0 Å². The van der Waals surface area contributed by atoms with Crippen LogP contribution in [0.25, 0.3) is 10.9 Å². The standard InChI is InChI=1S/C23H20FN3O3S/c24-18-5-3-6-20(16-18)26-31(29,30)21-10-8-19(9-11-21)25-23(28)13-15-27-14-12-17-4-1-2-7-22(17)27/h1-12,14,16,26H,13,15H2,(H,25,28). The van der Waals surface area contributed by atoms with Gasteiger partial charge in [-0.05, 0) is 60.0 Å². The van der Waals surface area contributed by atoms with E-state index in [0.717, 1.165) is 17.0 Å². The van der Waals surface area contributed by atoms with E-state index in [-0.39, 0.29) is 22.9 Å². The van der Waals surface area contributed by atoms with E-state index in [1.54, 1.807) is 0 Å². The maximum absolute atomic E-state index is 13.3. The Kier molecular flexibility index (Phi) is 5.73. The third kappa shape index (κ3) is 4.92. The molecular weight excluding hydrogens is 417 g/mol. The number of para-hydroxylation sites is 1. The van der Waals surface area contributed by atoms with E-state index in [1.165, 1.54) is 42.5 Å². The lowest BCUT2D eigenvalue weighted by Gasteiger charge is -2.10. The number of rotatable bonds is 7. The zero-order chi connectivity index (χ0) is 21.8. The van der Waals surface area contributed by atoms with Crippen LogP contribution < -0.4 is 10.0 Å². The molecule has 8 heteroatoms. The van der Waals surface area contributed by atoms with Gasteiger partial charge in [0, 0.05) is 30.4 Å². The molecule has 0 bridgehead atoms.